The zero-order valence-electron chi connectivity index (χ0n) is 17.7. The van der Waals surface area contributed by atoms with Crippen molar-refractivity contribution in [3.05, 3.63) is 64.7 Å². The maximum atomic E-state index is 12.1. The van der Waals surface area contributed by atoms with Crippen LogP contribution in [0.5, 0.6) is 0 Å². The number of anilines is 1. The molecule has 2 amide bonds. The van der Waals surface area contributed by atoms with Crippen molar-refractivity contribution >= 4 is 35.1 Å². The second-order valence-corrected chi connectivity index (χ2v) is 7.64. The molecule has 0 atom stereocenters. The highest BCUT2D eigenvalue weighted by Crippen LogP contribution is 2.21. The highest BCUT2D eigenvalue weighted by molar-refractivity contribution is 6.30. The van der Waals surface area contributed by atoms with Gasteiger partial charge in [0.05, 0.1) is 6.54 Å². The molecule has 0 radical (unpaired) electrons. The van der Waals surface area contributed by atoms with Crippen molar-refractivity contribution in [2.45, 2.75) is 26.3 Å². The molecule has 0 bridgehead atoms. The Balaban J connectivity index is 1.46. The van der Waals surface area contributed by atoms with Gasteiger partial charge >= 0.3 is 0 Å². The number of aliphatic imine (C=N–C) groups is 1. The summed E-state index contributed by atoms with van der Waals surface area (Å²) in [7, 11) is 0. The van der Waals surface area contributed by atoms with Gasteiger partial charge in [-0.2, -0.15) is 0 Å². The molecule has 1 aliphatic heterocycles. The van der Waals surface area contributed by atoms with Crippen LogP contribution in [0.3, 0.4) is 0 Å². The van der Waals surface area contributed by atoms with Crippen molar-refractivity contribution in [1.82, 2.24) is 16.0 Å². The molecule has 31 heavy (non-hydrogen) atoms. The molecule has 2 aromatic carbocycles. The van der Waals surface area contributed by atoms with Crippen LogP contribution in [0, 0.1) is 0 Å². The molecule has 0 aliphatic carbocycles. The molecule has 1 fully saturated rings. The summed E-state index contributed by atoms with van der Waals surface area (Å²) in [4.78, 5) is 30.4. The number of nitrogens with zero attached hydrogens (tertiary/aromatic N) is 2. The van der Waals surface area contributed by atoms with Gasteiger partial charge < -0.3 is 20.9 Å². The fourth-order valence-corrected chi connectivity index (χ4v) is 3.40. The maximum absolute atomic E-state index is 12.1. The van der Waals surface area contributed by atoms with Crippen LogP contribution in [0.1, 0.15) is 35.7 Å². The zero-order valence-corrected chi connectivity index (χ0v) is 18.4. The van der Waals surface area contributed by atoms with Crippen LogP contribution in [0.15, 0.2) is 53.5 Å². The average molecular weight is 442 g/mol. The molecule has 0 spiro atoms. The molecule has 3 N–H and O–H groups in total. The van der Waals surface area contributed by atoms with Crippen molar-refractivity contribution in [1.29, 1.82) is 0 Å². The third-order valence-electron chi connectivity index (χ3n) is 4.89. The Morgan fingerprint density at radius 2 is 1.74 bits per heavy atom. The zero-order chi connectivity index (χ0) is 22.1. The molecule has 7 nitrogen and oxygen atoms in total. The summed E-state index contributed by atoms with van der Waals surface area (Å²) in [5, 5.41) is 9.89. The van der Waals surface area contributed by atoms with Gasteiger partial charge in [0.15, 0.2) is 5.96 Å². The number of carbonyl (C=O) groups excluding carboxylic acids is 2. The van der Waals surface area contributed by atoms with E-state index in [-0.39, 0.29) is 11.8 Å². The summed E-state index contributed by atoms with van der Waals surface area (Å²) < 4.78 is 0. The first-order valence-electron chi connectivity index (χ1n) is 10.5. The number of nitrogens with one attached hydrogen (secondary N) is 3. The number of rotatable bonds is 8. The predicted molar refractivity (Wildman–Crippen MR) is 125 cm³/mol. The number of benzene rings is 2. The van der Waals surface area contributed by atoms with E-state index in [2.05, 4.69) is 20.9 Å². The molecule has 8 heteroatoms. The second-order valence-electron chi connectivity index (χ2n) is 7.20. The van der Waals surface area contributed by atoms with Crippen molar-refractivity contribution in [3.63, 3.8) is 0 Å². The van der Waals surface area contributed by atoms with Crippen LogP contribution in [0.2, 0.25) is 5.02 Å². The minimum Gasteiger partial charge on any atom is -0.357 e. The Kier molecular flexibility index (Phi) is 8.29. The summed E-state index contributed by atoms with van der Waals surface area (Å²) in [6.07, 6.45) is 1.55. The van der Waals surface area contributed by atoms with Gasteiger partial charge in [0.1, 0.15) is 0 Å². The van der Waals surface area contributed by atoms with Crippen molar-refractivity contribution < 1.29 is 9.59 Å². The molecule has 0 saturated carbocycles. The lowest BCUT2D eigenvalue weighted by Crippen LogP contribution is -2.41. The summed E-state index contributed by atoms with van der Waals surface area (Å²) >= 11 is 5.85. The topological polar surface area (TPSA) is 85.8 Å². The first-order chi connectivity index (χ1) is 15.1. The van der Waals surface area contributed by atoms with Gasteiger partial charge in [0.2, 0.25) is 5.91 Å². The molecule has 164 valence electrons. The fourth-order valence-electron chi connectivity index (χ4n) is 3.27. The largest absolute Gasteiger partial charge is 0.357 e. The molecule has 0 unspecified atom stereocenters. The Hall–Kier alpha value is -3.06. The van der Waals surface area contributed by atoms with E-state index in [1.807, 2.05) is 36.1 Å². The number of guanidine groups is 1. The van der Waals surface area contributed by atoms with Gasteiger partial charge in [-0.25, -0.2) is 4.99 Å². The van der Waals surface area contributed by atoms with E-state index in [0.717, 1.165) is 30.8 Å². The molecular weight excluding hydrogens is 414 g/mol. The third-order valence-corrected chi connectivity index (χ3v) is 5.15. The molecule has 2 aromatic rings. The van der Waals surface area contributed by atoms with Gasteiger partial charge in [-0.3, -0.25) is 9.59 Å². The van der Waals surface area contributed by atoms with Crippen LogP contribution < -0.4 is 20.9 Å². The lowest BCUT2D eigenvalue weighted by atomic mass is 10.2. The van der Waals surface area contributed by atoms with E-state index in [1.54, 1.807) is 24.3 Å². The van der Waals surface area contributed by atoms with E-state index in [1.165, 1.54) is 0 Å². The van der Waals surface area contributed by atoms with Gasteiger partial charge in [-0.05, 0) is 55.3 Å². The monoisotopic (exact) mass is 441 g/mol. The lowest BCUT2D eigenvalue weighted by molar-refractivity contribution is -0.117. The fraction of sp³-hybridized carbons (Fsp3) is 0.348. The highest BCUT2D eigenvalue weighted by atomic mass is 35.5. The Bertz CT molecular complexity index is 913. The van der Waals surface area contributed by atoms with E-state index < -0.39 is 0 Å². The average Bonchev–Trinajstić information content (AvgIpc) is 3.21. The van der Waals surface area contributed by atoms with Crippen molar-refractivity contribution in [3.8, 4) is 0 Å². The molecule has 3 rings (SSSR count). The Morgan fingerprint density at radius 3 is 2.39 bits per heavy atom. The standard InChI is InChI=1S/C23H28ClN5O2/c1-2-25-23(27-14-13-26-22(31)18-7-9-19(24)10-8-18)28-16-17-5-11-20(12-6-17)29-15-3-4-21(29)30/h5-12H,2-4,13-16H2,1H3,(H,26,31)(H2,25,27,28). The minimum absolute atomic E-state index is 0.142. The summed E-state index contributed by atoms with van der Waals surface area (Å²) in [6.45, 7) is 5.05. The Labute approximate surface area is 187 Å². The summed E-state index contributed by atoms with van der Waals surface area (Å²) in [6, 6.07) is 14.7. The van der Waals surface area contributed by atoms with Crippen LogP contribution in [-0.4, -0.2) is 44.0 Å². The number of hydrogen-bond acceptors (Lipinski definition) is 3. The predicted octanol–water partition coefficient (Wildman–Crippen LogP) is 2.95. The van der Waals surface area contributed by atoms with Crippen LogP contribution in [0.4, 0.5) is 5.69 Å². The Morgan fingerprint density at radius 1 is 1.03 bits per heavy atom. The smallest absolute Gasteiger partial charge is 0.251 e. The SMILES string of the molecule is CCNC(=NCc1ccc(N2CCCC2=O)cc1)NCCNC(=O)c1ccc(Cl)cc1. The van der Waals surface area contributed by atoms with E-state index in [9.17, 15) is 9.59 Å². The number of carbonyl (C=O) groups is 2. The number of halogens is 1. The summed E-state index contributed by atoms with van der Waals surface area (Å²) in [5.74, 6) is 0.728. The second kappa shape index (κ2) is 11.4. The molecule has 1 heterocycles. The van der Waals surface area contributed by atoms with E-state index >= 15 is 0 Å². The minimum atomic E-state index is -0.142. The summed E-state index contributed by atoms with van der Waals surface area (Å²) in [5.41, 5.74) is 2.57. The molecular formula is C23H28ClN5O2. The normalized spacial score (nSPS) is 13.9. The molecule has 1 aliphatic rings. The first-order valence-corrected chi connectivity index (χ1v) is 10.9. The molecule has 0 aromatic heterocycles. The van der Waals surface area contributed by atoms with Crippen molar-refractivity contribution in [2.24, 2.45) is 4.99 Å². The van der Waals surface area contributed by atoms with Gasteiger partial charge in [-0.1, -0.05) is 23.7 Å². The molecule has 1 saturated heterocycles. The van der Waals surface area contributed by atoms with Gasteiger partial charge in [-0.15, -0.1) is 0 Å². The van der Waals surface area contributed by atoms with E-state index in [4.69, 9.17) is 11.6 Å². The van der Waals surface area contributed by atoms with Crippen LogP contribution in [-0.2, 0) is 11.3 Å². The highest BCUT2D eigenvalue weighted by Gasteiger charge is 2.21. The first kappa shape index (κ1) is 22.6. The number of hydrogen-bond donors (Lipinski definition) is 3. The van der Waals surface area contributed by atoms with Crippen LogP contribution >= 0.6 is 11.6 Å². The third kappa shape index (κ3) is 6.72. The van der Waals surface area contributed by atoms with Gasteiger partial charge in [0.25, 0.3) is 5.91 Å². The lowest BCUT2D eigenvalue weighted by Gasteiger charge is -2.16. The quantitative estimate of drug-likeness (QED) is 0.334. The number of amides is 2. The van der Waals surface area contributed by atoms with E-state index in [0.29, 0.717) is 42.6 Å². The van der Waals surface area contributed by atoms with Crippen LogP contribution in [0.25, 0.3) is 0 Å². The van der Waals surface area contributed by atoms with Gasteiger partial charge in [0, 0.05) is 48.9 Å². The van der Waals surface area contributed by atoms with Crippen molar-refractivity contribution in [2.75, 3.05) is 31.1 Å². The maximum Gasteiger partial charge on any atom is 0.251 e.